The first-order valence-corrected chi connectivity index (χ1v) is 11.1. The maximum Gasteiger partial charge on any atom is 0.248 e. The number of sulfonamides is 1. The van der Waals surface area contributed by atoms with Crippen LogP contribution < -0.4 is 14.4 Å². The molecule has 0 saturated heterocycles. The monoisotopic (exact) mass is 404 g/mol. The Hall–Kier alpha value is -2.54. The van der Waals surface area contributed by atoms with Gasteiger partial charge in [0, 0.05) is 0 Å². The third kappa shape index (κ3) is 5.04. The van der Waals surface area contributed by atoms with Gasteiger partial charge < -0.3 is 10.1 Å². The van der Waals surface area contributed by atoms with E-state index in [-0.39, 0.29) is 0 Å². The predicted molar refractivity (Wildman–Crippen MR) is 114 cm³/mol. The average molecular weight is 405 g/mol. The molecule has 0 aliphatic carbocycles. The molecule has 0 aliphatic rings. The first kappa shape index (κ1) is 21.8. The number of nitrogens with zero attached hydrogens (tertiary/aromatic N) is 1. The summed E-state index contributed by atoms with van der Waals surface area (Å²) in [7, 11) is -3.68. The lowest BCUT2D eigenvalue weighted by atomic mass is 10.1. The Morgan fingerprint density at radius 1 is 1.11 bits per heavy atom. The molecule has 1 amide bonds. The van der Waals surface area contributed by atoms with E-state index in [0.29, 0.717) is 30.2 Å². The minimum Gasteiger partial charge on any atom is -0.492 e. The highest BCUT2D eigenvalue weighted by molar-refractivity contribution is 7.92. The standard InChI is InChI=1S/C21H28N2O4S/c1-6-19(21(24)22-18-10-8-9-11-20(18)27-7-2)23(28(5,25)26)17-13-12-15(3)16(4)14-17/h8-14,19H,6-7H2,1-5H3,(H,22,24)/t19-/m1/s1. The van der Waals surface area contributed by atoms with Crippen molar-refractivity contribution in [1.82, 2.24) is 0 Å². The molecule has 0 aliphatic heterocycles. The molecule has 7 heteroatoms. The van der Waals surface area contributed by atoms with Gasteiger partial charge in [-0.1, -0.05) is 25.1 Å². The lowest BCUT2D eigenvalue weighted by Crippen LogP contribution is -2.47. The number of carbonyl (C=O) groups excluding carboxylic acids is 1. The minimum atomic E-state index is -3.68. The van der Waals surface area contributed by atoms with Gasteiger partial charge in [0.1, 0.15) is 11.8 Å². The van der Waals surface area contributed by atoms with Gasteiger partial charge in [0.15, 0.2) is 0 Å². The van der Waals surface area contributed by atoms with Crippen LogP contribution in [0.25, 0.3) is 0 Å². The van der Waals surface area contributed by atoms with Crippen molar-refractivity contribution < 1.29 is 17.9 Å². The van der Waals surface area contributed by atoms with Gasteiger partial charge in [-0.05, 0) is 62.6 Å². The number of anilines is 2. The maximum absolute atomic E-state index is 13.0. The van der Waals surface area contributed by atoms with E-state index in [9.17, 15) is 13.2 Å². The second-order valence-electron chi connectivity index (χ2n) is 6.67. The van der Waals surface area contributed by atoms with Crippen LogP contribution in [0, 0.1) is 13.8 Å². The van der Waals surface area contributed by atoms with Crippen LogP contribution in [-0.2, 0) is 14.8 Å². The van der Waals surface area contributed by atoms with Crippen LogP contribution in [-0.4, -0.2) is 33.2 Å². The van der Waals surface area contributed by atoms with Crippen molar-refractivity contribution >= 4 is 27.3 Å². The molecular weight excluding hydrogens is 376 g/mol. The largest absolute Gasteiger partial charge is 0.492 e. The molecular formula is C21H28N2O4S. The summed E-state index contributed by atoms with van der Waals surface area (Å²) in [4.78, 5) is 13.0. The van der Waals surface area contributed by atoms with E-state index < -0.39 is 22.0 Å². The molecule has 2 rings (SSSR count). The van der Waals surface area contributed by atoms with Gasteiger partial charge in [-0.2, -0.15) is 0 Å². The minimum absolute atomic E-state index is 0.322. The quantitative estimate of drug-likeness (QED) is 0.724. The maximum atomic E-state index is 13.0. The van der Waals surface area contributed by atoms with Gasteiger partial charge >= 0.3 is 0 Å². The molecule has 0 fully saturated rings. The van der Waals surface area contributed by atoms with Gasteiger partial charge in [0.25, 0.3) is 0 Å². The van der Waals surface area contributed by atoms with Crippen LogP contribution in [0.3, 0.4) is 0 Å². The predicted octanol–water partition coefficient (Wildman–Crippen LogP) is 3.89. The van der Waals surface area contributed by atoms with E-state index in [0.717, 1.165) is 17.4 Å². The molecule has 152 valence electrons. The molecule has 28 heavy (non-hydrogen) atoms. The Morgan fingerprint density at radius 2 is 1.79 bits per heavy atom. The first-order valence-electron chi connectivity index (χ1n) is 9.28. The van der Waals surface area contributed by atoms with E-state index in [1.807, 2.05) is 32.9 Å². The van der Waals surface area contributed by atoms with Crippen molar-refractivity contribution in [2.75, 3.05) is 22.5 Å². The second kappa shape index (κ2) is 9.10. The number of hydrogen-bond acceptors (Lipinski definition) is 4. The summed E-state index contributed by atoms with van der Waals surface area (Å²) in [6, 6.07) is 11.6. The number of para-hydroxylation sites is 2. The summed E-state index contributed by atoms with van der Waals surface area (Å²) in [5.41, 5.74) is 3.01. The van der Waals surface area contributed by atoms with Gasteiger partial charge in [-0.25, -0.2) is 8.42 Å². The normalized spacial score (nSPS) is 12.3. The fourth-order valence-corrected chi connectivity index (χ4v) is 4.19. The van der Waals surface area contributed by atoms with Crippen LogP contribution in [0.2, 0.25) is 0 Å². The molecule has 2 aromatic carbocycles. The van der Waals surface area contributed by atoms with Gasteiger partial charge in [-0.15, -0.1) is 0 Å². The number of aryl methyl sites for hydroxylation is 2. The van der Waals surface area contributed by atoms with Crippen molar-refractivity contribution in [2.24, 2.45) is 0 Å². The summed E-state index contributed by atoms with van der Waals surface area (Å²) in [5, 5.41) is 2.82. The van der Waals surface area contributed by atoms with E-state index in [1.54, 1.807) is 37.3 Å². The van der Waals surface area contributed by atoms with Gasteiger partial charge in [0.05, 0.1) is 24.2 Å². The van der Waals surface area contributed by atoms with Crippen LogP contribution >= 0.6 is 0 Å². The van der Waals surface area contributed by atoms with Crippen molar-refractivity contribution in [1.29, 1.82) is 0 Å². The van der Waals surface area contributed by atoms with Crippen LogP contribution in [0.4, 0.5) is 11.4 Å². The Balaban J connectivity index is 2.41. The van der Waals surface area contributed by atoms with Crippen molar-refractivity contribution in [3.63, 3.8) is 0 Å². The summed E-state index contributed by atoms with van der Waals surface area (Å²) < 4.78 is 31.9. The van der Waals surface area contributed by atoms with Crippen LogP contribution in [0.15, 0.2) is 42.5 Å². The molecule has 0 spiro atoms. The number of carbonyl (C=O) groups is 1. The molecule has 0 unspecified atom stereocenters. The summed E-state index contributed by atoms with van der Waals surface area (Å²) in [6.07, 6.45) is 1.44. The summed E-state index contributed by atoms with van der Waals surface area (Å²) in [5.74, 6) is 0.142. The number of nitrogens with one attached hydrogen (secondary N) is 1. The van der Waals surface area contributed by atoms with E-state index in [2.05, 4.69) is 5.32 Å². The summed E-state index contributed by atoms with van der Waals surface area (Å²) in [6.45, 7) is 7.98. The Bertz CT molecular complexity index is 941. The fraction of sp³-hybridized carbons (Fsp3) is 0.381. The molecule has 2 aromatic rings. The van der Waals surface area contributed by atoms with Crippen molar-refractivity contribution in [3.8, 4) is 5.75 Å². The molecule has 0 saturated carbocycles. The molecule has 1 N–H and O–H groups in total. The highest BCUT2D eigenvalue weighted by Gasteiger charge is 2.32. The number of rotatable bonds is 8. The number of hydrogen-bond donors (Lipinski definition) is 1. The van der Waals surface area contributed by atoms with E-state index in [4.69, 9.17) is 4.74 Å². The van der Waals surface area contributed by atoms with Crippen molar-refractivity contribution in [2.45, 2.75) is 40.2 Å². The Morgan fingerprint density at radius 3 is 2.36 bits per heavy atom. The molecule has 0 aromatic heterocycles. The summed E-state index contributed by atoms with van der Waals surface area (Å²) >= 11 is 0. The van der Waals surface area contributed by atoms with Crippen LogP contribution in [0.5, 0.6) is 5.75 Å². The molecule has 1 atom stereocenters. The molecule has 0 radical (unpaired) electrons. The molecule has 0 bridgehead atoms. The topological polar surface area (TPSA) is 75.7 Å². The highest BCUT2D eigenvalue weighted by atomic mass is 32.2. The smallest absolute Gasteiger partial charge is 0.248 e. The number of ether oxygens (including phenoxy) is 1. The van der Waals surface area contributed by atoms with E-state index in [1.165, 1.54) is 4.31 Å². The average Bonchev–Trinajstić information content (AvgIpc) is 2.62. The second-order valence-corrected chi connectivity index (χ2v) is 8.53. The van der Waals surface area contributed by atoms with E-state index >= 15 is 0 Å². The Labute approximate surface area is 167 Å². The third-order valence-corrected chi connectivity index (χ3v) is 5.70. The highest BCUT2D eigenvalue weighted by Crippen LogP contribution is 2.28. The zero-order chi connectivity index (χ0) is 20.9. The molecule has 0 heterocycles. The first-order chi connectivity index (χ1) is 13.2. The zero-order valence-corrected chi connectivity index (χ0v) is 17.8. The number of benzene rings is 2. The van der Waals surface area contributed by atoms with Crippen LogP contribution in [0.1, 0.15) is 31.4 Å². The molecule has 6 nitrogen and oxygen atoms in total. The Kier molecular flexibility index (Phi) is 7.07. The number of amides is 1. The lowest BCUT2D eigenvalue weighted by Gasteiger charge is -2.30. The fourth-order valence-electron chi connectivity index (χ4n) is 2.99. The lowest BCUT2D eigenvalue weighted by molar-refractivity contribution is -0.117. The third-order valence-electron chi connectivity index (χ3n) is 4.52. The van der Waals surface area contributed by atoms with Crippen molar-refractivity contribution in [3.05, 3.63) is 53.6 Å². The van der Waals surface area contributed by atoms with Gasteiger partial charge in [0.2, 0.25) is 15.9 Å². The zero-order valence-electron chi connectivity index (χ0n) is 17.0. The SMILES string of the molecule is CCOc1ccccc1NC(=O)[C@@H](CC)N(c1ccc(C)c(C)c1)S(C)(=O)=O. The van der Waals surface area contributed by atoms with Gasteiger partial charge in [-0.3, -0.25) is 9.10 Å².